The molecule has 0 aromatic heterocycles. The van der Waals surface area contributed by atoms with E-state index in [1.54, 1.807) is 0 Å². The van der Waals surface area contributed by atoms with Crippen LogP contribution in [0.25, 0.3) is 0 Å². The first-order valence-electron chi connectivity index (χ1n) is 5.16. The van der Waals surface area contributed by atoms with Gasteiger partial charge in [-0.05, 0) is 25.7 Å². The van der Waals surface area contributed by atoms with Gasteiger partial charge in [-0.25, -0.2) is 0 Å². The molecule has 0 aromatic rings. The fourth-order valence-electron chi connectivity index (χ4n) is 1.57. The van der Waals surface area contributed by atoms with Crippen molar-refractivity contribution in [2.75, 3.05) is 6.54 Å². The average molecular weight is 191 g/mol. The van der Waals surface area contributed by atoms with Crippen LogP contribution in [-0.2, 0) is 4.79 Å². The first-order valence-corrected chi connectivity index (χ1v) is 5.16. The van der Waals surface area contributed by atoms with Crippen LogP contribution in [0.2, 0.25) is 0 Å². The van der Waals surface area contributed by atoms with Gasteiger partial charge in [0, 0.05) is 19.4 Å². The van der Waals surface area contributed by atoms with Crippen molar-refractivity contribution in [3.8, 4) is 11.8 Å². The van der Waals surface area contributed by atoms with Gasteiger partial charge in [-0.3, -0.25) is 4.79 Å². The summed E-state index contributed by atoms with van der Waals surface area (Å²) < 4.78 is 0. The number of amides is 1. The third kappa shape index (κ3) is 4.13. The van der Waals surface area contributed by atoms with Gasteiger partial charge in [0.2, 0.25) is 5.91 Å². The molecule has 1 N–H and O–H groups in total. The van der Waals surface area contributed by atoms with Gasteiger partial charge in [-0.2, -0.15) is 0 Å². The van der Waals surface area contributed by atoms with Crippen molar-refractivity contribution in [2.24, 2.45) is 5.92 Å². The molecule has 0 fully saturated rings. The molecule has 0 spiro atoms. The molecule has 1 atom stereocenters. The van der Waals surface area contributed by atoms with Crippen LogP contribution < -0.4 is 5.32 Å². The van der Waals surface area contributed by atoms with Crippen molar-refractivity contribution >= 4 is 5.91 Å². The number of carbonyl (C=O) groups is 1. The van der Waals surface area contributed by atoms with Gasteiger partial charge in [0.15, 0.2) is 0 Å². The van der Waals surface area contributed by atoms with Gasteiger partial charge in [-0.1, -0.05) is 12.2 Å². The zero-order chi connectivity index (χ0) is 10.2. The standard InChI is InChI=1S/C12H17NO/c1-2-3-6-9-13-12(14)10-11-7-4-5-8-11/h4,7,11H,5-6,8-10H2,1H3,(H,13,14). The number of allylic oxidation sites excluding steroid dienone is 2. The summed E-state index contributed by atoms with van der Waals surface area (Å²) in [5.41, 5.74) is 0. The summed E-state index contributed by atoms with van der Waals surface area (Å²) in [4.78, 5) is 11.4. The highest BCUT2D eigenvalue weighted by Crippen LogP contribution is 2.19. The Hall–Kier alpha value is -1.23. The molecule has 2 nitrogen and oxygen atoms in total. The number of rotatable bonds is 4. The molecule has 1 aliphatic carbocycles. The normalized spacial score (nSPS) is 18.8. The highest BCUT2D eigenvalue weighted by molar-refractivity contribution is 5.76. The molecule has 14 heavy (non-hydrogen) atoms. The van der Waals surface area contributed by atoms with E-state index in [9.17, 15) is 4.79 Å². The molecule has 0 saturated carbocycles. The van der Waals surface area contributed by atoms with E-state index in [4.69, 9.17) is 0 Å². The van der Waals surface area contributed by atoms with Crippen molar-refractivity contribution in [2.45, 2.75) is 32.6 Å². The lowest BCUT2D eigenvalue weighted by Crippen LogP contribution is -2.25. The Morgan fingerprint density at radius 2 is 2.50 bits per heavy atom. The van der Waals surface area contributed by atoms with Crippen LogP contribution in [0.3, 0.4) is 0 Å². The highest BCUT2D eigenvalue weighted by atomic mass is 16.1. The minimum absolute atomic E-state index is 0.152. The zero-order valence-electron chi connectivity index (χ0n) is 8.68. The maximum atomic E-state index is 11.4. The van der Waals surface area contributed by atoms with Gasteiger partial charge in [0.25, 0.3) is 0 Å². The van der Waals surface area contributed by atoms with Crippen molar-refractivity contribution in [1.82, 2.24) is 5.32 Å². The van der Waals surface area contributed by atoms with Gasteiger partial charge in [-0.15, -0.1) is 11.8 Å². The molecule has 1 rings (SSSR count). The van der Waals surface area contributed by atoms with E-state index in [2.05, 4.69) is 29.3 Å². The summed E-state index contributed by atoms with van der Waals surface area (Å²) in [6.07, 6.45) is 7.94. The van der Waals surface area contributed by atoms with Crippen molar-refractivity contribution < 1.29 is 4.79 Å². The van der Waals surface area contributed by atoms with E-state index in [0.717, 1.165) is 19.3 Å². The molecule has 0 bridgehead atoms. The molecule has 0 radical (unpaired) electrons. The lowest BCUT2D eigenvalue weighted by atomic mass is 10.1. The van der Waals surface area contributed by atoms with E-state index in [0.29, 0.717) is 18.9 Å². The molecule has 0 heterocycles. The quantitative estimate of drug-likeness (QED) is 0.410. The Kier molecular flexibility index (Phi) is 4.85. The summed E-state index contributed by atoms with van der Waals surface area (Å²) >= 11 is 0. The van der Waals surface area contributed by atoms with Crippen LogP contribution in [0.4, 0.5) is 0 Å². The third-order valence-corrected chi connectivity index (χ3v) is 2.31. The van der Waals surface area contributed by atoms with Gasteiger partial charge in [0.05, 0.1) is 0 Å². The predicted molar refractivity (Wildman–Crippen MR) is 57.6 cm³/mol. The van der Waals surface area contributed by atoms with Crippen molar-refractivity contribution in [3.05, 3.63) is 12.2 Å². The maximum Gasteiger partial charge on any atom is 0.220 e. The summed E-state index contributed by atoms with van der Waals surface area (Å²) in [6.45, 7) is 2.49. The topological polar surface area (TPSA) is 29.1 Å². The van der Waals surface area contributed by atoms with Crippen LogP contribution in [0.15, 0.2) is 12.2 Å². The second-order valence-electron chi connectivity index (χ2n) is 3.50. The first kappa shape index (κ1) is 10.8. The fraction of sp³-hybridized carbons (Fsp3) is 0.583. The highest BCUT2D eigenvalue weighted by Gasteiger charge is 2.12. The fourth-order valence-corrected chi connectivity index (χ4v) is 1.57. The number of nitrogens with one attached hydrogen (secondary N) is 1. The molecule has 76 valence electrons. The Labute approximate surface area is 85.8 Å². The molecule has 0 saturated heterocycles. The van der Waals surface area contributed by atoms with Crippen LogP contribution in [0.5, 0.6) is 0 Å². The lowest BCUT2D eigenvalue weighted by Gasteiger charge is -2.07. The zero-order valence-corrected chi connectivity index (χ0v) is 8.68. The van der Waals surface area contributed by atoms with Gasteiger partial charge >= 0.3 is 0 Å². The SMILES string of the molecule is CC#CCCNC(=O)CC1C=CCC1. The van der Waals surface area contributed by atoms with Gasteiger partial charge < -0.3 is 5.32 Å². The minimum Gasteiger partial charge on any atom is -0.355 e. The van der Waals surface area contributed by atoms with Crippen molar-refractivity contribution in [3.63, 3.8) is 0 Å². The van der Waals surface area contributed by atoms with Gasteiger partial charge in [0.1, 0.15) is 0 Å². The lowest BCUT2D eigenvalue weighted by molar-refractivity contribution is -0.121. The first-order chi connectivity index (χ1) is 6.83. The molecule has 1 amide bonds. The summed E-state index contributed by atoms with van der Waals surface area (Å²) in [6, 6.07) is 0. The predicted octanol–water partition coefficient (Wildman–Crippen LogP) is 1.87. The maximum absolute atomic E-state index is 11.4. The van der Waals surface area contributed by atoms with E-state index >= 15 is 0 Å². The molecular formula is C12H17NO. The second kappa shape index (κ2) is 6.26. The Balaban J connectivity index is 2.08. The minimum atomic E-state index is 0.152. The van der Waals surface area contributed by atoms with Crippen LogP contribution >= 0.6 is 0 Å². The second-order valence-corrected chi connectivity index (χ2v) is 3.50. The van der Waals surface area contributed by atoms with Crippen LogP contribution in [0.1, 0.15) is 32.6 Å². The molecule has 0 aliphatic heterocycles. The van der Waals surface area contributed by atoms with E-state index in [1.807, 2.05) is 6.92 Å². The molecule has 0 aromatic carbocycles. The average Bonchev–Trinajstić information content (AvgIpc) is 2.65. The Bertz CT molecular complexity index is 270. The summed E-state index contributed by atoms with van der Waals surface area (Å²) in [5, 5.41) is 2.87. The molecular weight excluding hydrogens is 174 g/mol. The molecule has 2 heteroatoms. The Morgan fingerprint density at radius 3 is 3.14 bits per heavy atom. The summed E-state index contributed by atoms with van der Waals surface area (Å²) in [7, 11) is 0. The number of hydrogen-bond donors (Lipinski definition) is 1. The number of hydrogen-bond acceptors (Lipinski definition) is 1. The molecule has 1 aliphatic rings. The smallest absolute Gasteiger partial charge is 0.220 e. The van der Waals surface area contributed by atoms with Crippen LogP contribution in [0, 0.1) is 17.8 Å². The van der Waals surface area contributed by atoms with E-state index in [1.165, 1.54) is 0 Å². The van der Waals surface area contributed by atoms with E-state index < -0.39 is 0 Å². The van der Waals surface area contributed by atoms with Crippen molar-refractivity contribution in [1.29, 1.82) is 0 Å². The van der Waals surface area contributed by atoms with Crippen LogP contribution in [-0.4, -0.2) is 12.5 Å². The number of carbonyl (C=O) groups excluding carboxylic acids is 1. The summed E-state index contributed by atoms with van der Waals surface area (Å²) in [5.74, 6) is 6.34. The third-order valence-electron chi connectivity index (χ3n) is 2.31. The largest absolute Gasteiger partial charge is 0.355 e. The Morgan fingerprint density at radius 1 is 1.64 bits per heavy atom. The van der Waals surface area contributed by atoms with E-state index in [-0.39, 0.29) is 5.91 Å². The monoisotopic (exact) mass is 191 g/mol. The molecule has 1 unspecified atom stereocenters.